The van der Waals surface area contributed by atoms with Crippen molar-refractivity contribution in [2.45, 2.75) is 102 Å². The number of hydrogen-bond donors (Lipinski definition) is 1. The van der Waals surface area contributed by atoms with E-state index in [-0.39, 0.29) is 30.5 Å². The van der Waals surface area contributed by atoms with Gasteiger partial charge in [0.1, 0.15) is 0 Å². The van der Waals surface area contributed by atoms with Crippen LogP contribution in [0.3, 0.4) is 0 Å². The van der Waals surface area contributed by atoms with E-state index in [1.807, 2.05) is 6.92 Å². The van der Waals surface area contributed by atoms with Crippen LogP contribution in [0.15, 0.2) is 0 Å². The molecular weight excluding hydrogens is 428 g/mol. The van der Waals surface area contributed by atoms with Crippen molar-refractivity contribution < 1.29 is 38.7 Å². The molecule has 2 bridgehead atoms. The molecule has 186 valence electrons. The topological polar surface area (TPSA) is 101 Å². The van der Waals surface area contributed by atoms with Gasteiger partial charge in [0.2, 0.25) is 5.79 Å². The van der Waals surface area contributed by atoms with Gasteiger partial charge in [0.05, 0.1) is 24.5 Å². The van der Waals surface area contributed by atoms with Crippen LogP contribution in [-0.2, 0) is 33.6 Å². The van der Waals surface area contributed by atoms with Crippen molar-refractivity contribution >= 4 is 11.9 Å². The number of esters is 1. The van der Waals surface area contributed by atoms with E-state index < -0.39 is 35.5 Å². The van der Waals surface area contributed by atoms with Crippen LogP contribution in [-0.4, -0.2) is 47.4 Å². The minimum absolute atomic E-state index is 0.124. The van der Waals surface area contributed by atoms with Crippen LogP contribution in [0.2, 0.25) is 0 Å². The molecule has 4 heterocycles. The number of fused-ring (bicyclic) bond motifs is 2. The summed E-state index contributed by atoms with van der Waals surface area (Å²) in [5.41, 5.74) is -0.586. The van der Waals surface area contributed by atoms with Crippen molar-refractivity contribution in [3.8, 4) is 0 Å². The molecule has 1 spiro atoms. The van der Waals surface area contributed by atoms with E-state index in [2.05, 4.69) is 13.8 Å². The van der Waals surface area contributed by atoms with Crippen LogP contribution >= 0.6 is 0 Å². The monoisotopic (exact) mass is 466 g/mol. The molecule has 0 radical (unpaired) electrons. The Hall–Kier alpha value is -1.22. The maximum Gasteiger partial charge on any atom is 0.309 e. The van der Waals surface area contributed by atoms with Gasteiger partial charge in [-0.05, 0) is 56.8 Å². The van der Waals surface area contributed by atoms with E-state index in [1.54, 1.807) is 0 Å². The zero-order chi connectivity index (χ0) is 23.4. The molecule has 0 aromatic heterocycles. The minimum atomic E-state index is -0.899. The summed E-state index contributed by atoms with van der Waals surface area (Å²) in [6.07, 6.45) is 6.73. The highest BCUT2D eigenvalue weighted by atomic mass is 17.3. The molecule has 2 saturated carbocycles. The van der Waals surface area contributed by atoms with E-state index >= 15 is 0 Å². The highest BCUT2D eigenvalue weighted by Gasteiger charge is 2.69. The van der Waals surface area contributed by atoms with E-state index in [0.29, 0.717) is 31.1 Å². The first-order chi connectivity index (χ1) is 15.7. The summed E-state index contributed by atoms with van der Waals surface area (Å²) in [7, 11) is 0. The quantitative estimate of drug-likeness (QED) is 0.478. The first-order valence-electron chi connectivity index (χ1n) is 12.8. The summed E-state index contributed by atoms with van der Waals surface area (Å²) in [6, 6.07) is 0. The molecule has 6 rings (SSSR count). The fourth-order valence-corrected chi connectivity index (χ4v) is 7.40. The van der Waals surface area contributed by atoms with Crippen molar-refractivity contribution in [2.24, 2.45) is 35.5 Å². The van der Waals surface area contributed by atoms with E-state index in [4.69, 9.17) is 24.0 Å². The summed E-state index contributed by atoms with van der Waals surface area (Å²) >= 11 is 0. The average molecular weight is 467 g/mol. The fourth-order valence-electron chi connectivity index (χ4n) is 7.40. The second kappa shape index (κ2) is 8.77. The Labute approximate surface area is 195 Å². The molecule has 33 heavy (non-hydrogen) atoms. The Morgan fingerprint density at radius 3 is 2.52 bits per heavy atom. The molecule has 2 unspecified atom stereocenters. The van der Waals surface area contributed by atoms with Gasteiger partial charge in [-0.2, -0.15) is 0 Å². The molecule has 8 heteroatoms. The van der Waals surface area contributed by atoms with Gasteiger partial charge in [-0.1, -0.05) is 26.7 Å². The van der Waals surface area contributed by atoms with Crippen molar-refractivity contribution in [1.82, 2.24) is 0 Å². The lowest BCUT2D eigenvalue weighted by Gasteiger charge is -2.60. The van der Waals surface area contributed by atoms with Gasteiger partial charge in [-0.3, -0.25) is 9.59 Å². The number of carbonyl (C=O) groups is 2. The second-order valence-corrected chi connectivity index (χ2v) is 11.2. The molecule has 0 aromatic carbocycles. The number of aliphatic carboxylic acids is 1. The molecule has 1 N–H and O–H groups in total. The normalized spacial score (nSPS) is 49.1. The summed E-state index contributed by atoms with van der Waals surface area (Å²) in [4.78, 5) is 36.2. The average Bonchev–Trinajstić information content (AvgIpc) is 3.03. The maximum atomic E-state index is 12.7. The zero-order valence-corrected chi connectivity index (χ0v) is 20.0. The fraction of sp³-hybridized carbons (Fsp3) is 0.920. The summed E-state index contributed by atoms with van der Waals surface area (Å²) in [5, 5.41) is 9.46. The standard InChI is InChI=1S/C25H38O8/c1-14-8-9-19-15(2)20(11-13-29-22(28)17-7-5-4-6-16(17)21(26)27)30-23-25(19)18(14)10-12-24(3,31-23)32-33-25/h14-20,23H,4-13H2,1-3H3,(H,26,27)/t14-,15-,16?,17?,18+,19+,20-,23-,24+,25-/m1/s1. The van der Waals surface area contributed by atoms with Crippen LogP contribution in [0.1, 0.15) is 78.6 Å². The molecule has 8 nitrogen and oxygen atoms in total. The van der Waals surface area contributed by atoms with Crippen LogP contribution in [0, 0.1) is 35.5 Å². The van der Waals surface area contributed by atoms with Gasteiger partial charge in [0, 0.05) is 18.8 Å². The third-order valence-electron chi connectivity index (χ3n) is 9.33. The minimum Gasteiger partial charge on any atom is -0.481 e. The number of carboxylic acids is 1. The first-order valence-corrected chi connectivity index (χ1v) is 12.8. The highest BCUT2D eigenvalue weighted by molar-refractivity contribution is 5.81. The van der Waals surface area contributed by atoms with E-state index in [9.17, 15) is 14.7 Å². The molecule has 6 fully saturated rings. The van der Waals surface area contributed by atoms with Crippen LogP contribution in [0.25, 0.3) is 0 Å². The third-order valence-corrected chi connectivity index (χ3v) is 9.33. The van der Waals surface area contributed by atoms with Crippen LogP contribution in [0.5, 0.6) is 0 Å². The molecule has 10 atom stereocenters. The van der Waals surface area contributed by atoms with Gasteiger partial charge in [-0.25, -0.2) is 9.78 Å². The maximum absolute atomic E-state index is 12.7. The van der Waals surface area contributed by atoms with Gasteiger partial charge in [0.25, 0.3) is 0 Å². The van der Waals surface area contributed by atoms with Crippen molar-refractivity contribution in [2.75, 3.05) is 6.61 Å². The lowest BCUT2D eigenvalue weighted by Crippen LogP contribution is -2.70. The first kappa shape index (κ1) is 23.5. The molecule has 2 aliphatic carbocycles. The lowest BCUT2D eigenvalue weighted by atomic mass is 9.57. The van der Waals surface area contributed by atoms with Gasteiger partial charge < -0.3 is 19.3 Å². The van der Waals surface area contributed by atoms with E-state index in [1.165, 1.54) is 0 Å². The molecule has 6 aliphatic rings. The van der Waals surface area contributed by atoms with Crippen LogP contribution < -0.4 is 0 Å². The zero-order valence-electron chi connectivity index (χ0n) is 20.0. The number of carboxylic acid groups (broad SMARTS) is 1. The third kappa shape index (κ3) is 3.91. The summed E-state index contributed by atoms with van der Waals surface area (Å²) in [5.74, 6) is -1.98. The summed E-state index contributed by atoms with van der Waals surface area (Å²) in [6.45, 7) is 6.62. The molecule has 0 amide bonds. The second-order valence-electron chi connectivity index (χ2n) is 11.2. The SMILES string of the molecule is C[C@H]1[C@@H](CCOC(=O)C2CCCCC2C(=O)O)O[C@@H]2O[C@]3(C)CC[C@H]4[C@H](C)CC[C@@H]1[C@@]24OO3. The molecule has 4 saturated heterocycles. The van der Waals surface area contributed by atoms with Crippen molar-refractivity contribution in [3.63, 3.8) is 0 Å². The molecule has 0 aromatic rings. The Morgan fingerprint density at radius 2 is 1.76 bits per heavy atom. The number of rotatable bonds is 5. The summed E-state index contributed by atoms with van der Waals surface area (Å²) < 4.78 is 18.5. The number of carbonyl (C=O) groups excluding carboxylic acids is 1. The Bertz CT molecular complexity index is 772. The number of hydrogen-bond acceptors (Lipinski definition) is 7. The van der Waals surface area contributed by atoms with Crippen LogP contribution in [0.4, 0.5) is 0 Å². The largest absolute Gasteiger partial charge is 0.481 e. The van der Waals surface area contributed by atoms with Gasteiger partial charge in [-0.15, -0.1) is 0 Å². The molecular formula is C25H38O8. The van der Waals surface area contributed by atoms with E-state index in [0.717, 1.165) is 38.5 Å². The Kier molecular flexibility index (Phi) is 6.25. The van der Waals surface area contributed by atoms with Crippen molar-refractivity contribution in [3.05, 3.63) is 0 Å². The highest BCUT2D eigenvalue weighted by Crippen LogP contribution is 2.60. The smallest absolute Gasteiger partial charge is 0.309 e. The van der Waals surface area contributed by atoms with Gasteiger partial charge in [0.15, 0.2) is 11.9 Å². The predicted molar refractivity (Wildman–Crippen MR) is 115 cm³/mol. The predicted octanol–water partition coefficient (Wildman–Crippen LogP) is 4.06. The molecule has 4 aliphatic heterocycles. The lowest BCUT2D eigenvalue weighted by molar-refractivity contribution is -0.571. The van der Waals surface area contributed by atoms with Gasteiger partial charge >= 0.3 is 11.9 Å². The Balaban J connectivity index is 1.26. The van der Waals surface area contributed by atoms with Crippen molar-refractivity contribution in [1.29, 1.82) is 0 Å². The Morgan fingerprint density at radius 1 is 1.00 bits per heavy atom. The number of ether oxygens (including phenoxy) is 3.